The summed E-state index contributed by atoms with van der Waals surface area (Å²) in [5.41, 5.74) is 13.8. The maximum absolute atomic E-state index is 6.10. The molecule has 0 fully saturated rings. The van der Waals surface area contributed by atoms with Gasteiger partial charge in [0.25, 0.3) is 0 Å². The fourth-order valence-corrected chi connectivity index (χ4v) is 8.66. The van der Waals surface area contributed by atoms with E-state index in [-0.39, 0.29) is 0 Å². The van der Waals surface area contributed by atoms with Gasteiger partial charge in [0.1, 0.15) is 16.9 Å². The van der Waals surface area contributed by atoms with Crippen molar-refractivity contribution < 1.29 is 4.42 Å². The fraction of sp³-hybridized carbons (Fsp3) is 0. The Morgan fingerprint density at radius 1 is 0.339 bits per heavy atom. The van der Waals surface area contributed by atoms with Crippen LogP contribution in [-0.2, 0) is 0 Å². The lowest BCUT2D eigenvalue weighted by Gasteiger charge is -2.12. The molecule has 8 aromatic carbocycles. The van der Waals surface area contributed by atoms with Gasteiger partial charge >= 0.3 is 0 Å². The number of para-hydroxylation sites is 1. The second-order valence-electron chi connectivity index (χ2n) is 15.5. The summed E-state index contributed by atoms with van der Waals surface area (Å²) in [6.45, 7) is 0. The van der Waals surface area contributed by atoms with Crippen molar-refractivity contribution in [3.8, 4) is 78.9 Å². The molecule has 0 atom stereocenters. The zero-order valence-corrected chi connectivity index (χ0v) is 33.4. The van der Waals surface area contributed by atoms with Crippen molar-refractivity contribution in [3.63, 3.8) is 0 Å². The predicted octanol–water partition coefficient (Wildman–Crippen LogP) is 14.2. The maximum Gasteiger partial charge on any atom is 0.164 e. The lowest BCUT2D eigenvalue weighted by molar-refractivity contribution is 0.669. The normalized spacial score (nSPS) is 11.5. The Bertz CT molecular complexity index is 3610. The Morgan fingerprint density at radius 3 is 1.61 bits per heavy atom. The van der Waals surface area contributed by atoms with Gasteiger partial charge in [-0.25, -0.2) is 19.5 Å². The zero-order chi connectivity index (χ0) is 41.0. The van der Waals surface area contributed by atoms with Gasteiger partial charge in [0.2, 0.25) is 0 Å². The largest absolute Gasteiger partial charge is 0.456 e. The first-order valence-electron chi connectivity index (χ1n) is 20.7. The molecule has 0 bridgehead atoms. The molecule has 6 heteroatoms. The van der Waals surface area contributed by atoms with Crippen molar-refractivity contribution in [1.82, 2.24) is 24.6 Å². The van der Waals surface area contributed by atoms with Crippen molar-refractivity contribution in [2.75, 3.05) is 0 Å². The third-order valence-corrected chi connectivity index (χ3v) is 11.7. The van der Waals surface area contributed by atoms with Gasteiger partial charge < -0.3 is 4.42 Å². The van der Waals surface area contributed by atoms with E-state index in [0.717, 1.165) is 99.7 Å². The van der Waals surface area contributed by atoms with Gasteiger partial charge in [0.15, 0.2) is 17.5 Å². The SMILES string of the molecule is c1ccc(-c2nc(-c3ccc(-c4ccc5oc6ccccc6c5c4)cc3)nc(-c3cccc(-c4c(-c5ccccc5)nn5c(-c6ccccc6)cc6ccccc6c45)c3)n2)cc1. The molecule has 0 saturated carbocycles. The highest BCUT2D eigenvalue weighted by atomic mass is 16.3. The van der Waals surface area contributed by atoms with E-state index in [1.165, 1.54) is 0 Å². The molecule has 12 aromatic rings. The van der Waals surface area contributed by atoms with E-state index in [1.807, 2.05) is 60.7 Å². The number of hydrogen-bond donors (Lipinski definition) is 0. The maximum atomic E-state index is 6.10. The van der Waals surface area contributed by atoms with Crippen LogP contribution in [-0.4, -0.2) is 24.6 Å². The number of hydrogen-bond acceptors (Lipinski definition) is 5. The summed E-state index contributed by atoms with van der Waals surface area (Å²) in [6, 6.07) is 73.4. The number of furan rings is 1. The monoisotopic (exact) mass is 793 g/mol. The lowest BCUT2D eigenvalue weighted by Crippen LogP contribution is -2.00. The molecule has 4 heterocycles. The highest BCUT2D eigenvalue weighted by Crippen LogP contribution is 2.42. The Morgan fingerprint density at radius 2 is 0.871 bits per heavy atom. The van der Waals surface area contributed by atoms with Crippen LogP contribution in [0.1, 0.15) is 0 Å². The Labute approximate surface area is 357 Å². The minimum atomic E-state index is 0.588. The quantitative estimate of drug-likeness (QED) is 0.161. The first kappa shape index (κ1) is 35.5. The summed E-state index contributed by atoms with van der Waals surface area (Å²) >= 11 is 0. The molecule has 62 heavy (non-hydrogen) atoms. The highest BCUT2D eigenvalue weighted by molar-refractivity contribution is 6.09. The molecular formula is C56H35N5O. The summed E-state index contributed by atoms with van der Waals surface area (Å²) in [4.78, 5) is 15.4. The van der Waals surface area contributed by atoms with Crippen LogP contribution in [0.4, 0.5) is 0 Å². The smallest absolute Gasteiger partial charge is 0.164 e. The average Bonchev–Trinajstić information content (AvgIpc) is 3.94. The second kappa shape index (κ2) is 14.7. The van der Waals surface area contributed by atoms with Crippen LogP contribution in [0.3, 0.4) is 0 Å². The third kappa shape index (κ3) is 6.13. The first-order chi connectivity index (χ1) is 30.7. The van der Waals surface area contributed by atoms with Crippen molar-refractivity contribution in [3.05, 3.63) is 212 Å². The van der Waals surface area contributed by atoms with Gasteiger partial charge in [0, 0.05) is 49.5 Å². The van der Waals surface area contributed by atoms with Crippen molar-refractivity contribution in [2.24, 2.45) is 0 Å². The van der Waals surface area contributed by atoms with Gasteiger partial charge in [-0.3, -0.25) is 0 Å². The molecule has 0 aliphatic carbocycles. The van der Waals surface area contributed by atoms with Gasteiger partial charge in [-0.05, 0) is 52.4 Å². The van der Waals surface area contributed by atoms with Crippen LogP contribution in [0.15, 0.2) is 217 Å². The van der Waals surface area contributed by atoms with E-state index >= 15 is 0 Å². The molecule has 0 N–H and O–H groups in total. The van der Waals surface area contributed by atoms with Crippen LogP contribution >= 0.6 is 0 Å². The van der Waals surface area contributed by atoms with Gasteiger partial charge in [-0.2, -0.15) is 5.10 Å². The summed E-state index contributed by atoms with van der Waals surface area (Å²) in [5, 5.41) is 9.90. The topological polar surface area (TPSA) is 69.1 Å². The van der Waals surface area contributed by atoms with Crippen molar-refractivity contribution >= 4 is 38.2 Å². The van der Waals surface area contributed by atoms with Crippen molar-refractivity contribution in [1.29, 1.82) is 0 Å². The Hall–Kier alpha value is -8.48. The third-order valence-electron chi connectivity index (χ3n) is 11.7. The molecule has 12 rings (SSSR count). The zero-order valence-electron chi connectivity index (χ0n) is 33.4. The van der Waals surface area contributed by atoms with Crippen molar-refractivity contribution in [2.45, 2.75) is 0 Å². The number of benzene rings is 8. The summed E-state index contributed by atoms with van der Waals surface area (Å²) in [7, 11) is 0. The molecular weight excluding hydrogens is 759 g/mol. The van der Waals surface area contributed by atoms with Gasteiger partial charge in [0.05, 0.1) is 11.2 Å². The average molecular weight is 794 g/mol. The van der Waals surface area contributed by atoms with E-state index < -0.39 is 0 Å². The van der Waals surface area contributed by atoms with Crippen LogP contribution in [0.5, 0.6) is 0 Å². The van der Waals surface area contributed by atoms with Crippen LogP contribution in [0, 0.1) is 0 Å². The predicted molar refractivity (Wildman–Crippen MR) is 251 cm³/mol. The summed E-state index contributed by atoms with van der Waals surface area (Å²) < 4.78 is 8.22. The molecule has 0 spiro atoms. The van der Waals surface area contributed by atoms with E-state index in [0.29, 0.717) is 17.5 Å². The molecule has 290 valence electrons. The second-order valence-corrected chi connectivity index (χ2v) is 15.5. The Kier molecular flexibility index (Phi) is 8.38. The summed E-state index contributed by atoms with van der Waals surface area (Å²) in [6.07, 6.45) is 0. The van der Waals surface area contributed by atoms with Gasteiger partial charge in [-0.1, -0.05) is 182 Å². The summed E-state index contributed by atoms with van der Waals surface area (Å²) in [5.74, 6) is 1.79. The molecule has 0 amide bonds. The van der Waals surface area contributed by atoms with Crippen LogP contribution < -0.4 is 0 Å². The molecule has 0 aliphatic rings. The molecule has 6 nitrogen and oxygen atoms in total. The minimum absolute atomic E-state index is 0.588. The number of aromatic nitrogens is 5. The van der Waals surface area contributed by atoms with Crippen LogP contribution in [0.25, 0.3) is 117 Å². The van der Waals surface area contributed by atoms with Gasteiger partial charge in [-0.15, -0.1) is 0 Å². The molecule has 0 unspecified atom stereocenters. The lowest BCUT2D eigenvalue weighted by atomic mass is 9.95. The highest BCUT2D eigenvalue weighted by Gasteiger charge is 2.22. The van der Waals surface area contributed by atoms with Crippen LogP contribution in [0.2, 0.25) is 0 Å². The van der Waals surface area contributed by atoms with E-state index in [2.05, 4.69) is 156 Å². The van der Waals surface area contributed by atoms with E-state index in [1.54, 1.807) is 0 Å². The number of pyridine rings is 1. The fourth-order valence-electron chi connectivity index (χ4n) is 8.66. The first-order valence-corrected chi connectivity index (χ1v) is 20.7. The number of fused-ring (bicyclic) bond motifs is 6. The van der Waals surface area contributed by atoms with E-state index in [9.17, 15) is 0 Å². The minimum Gasteiger partial charge on any atom is -0.456 e. The number of nitrogens with zero attached hydrogens (tertiary/aromatic N) is 5. The molecule has 4 aromatic heterocycles. The number of rotatable bonds is 7. The Balaban J connectivity index is 1.01. The standard InChI is InChI=1S/C56H35N5O/c1-4-15-37(16-5-1)48-35-42-21-10-11-24-45(42)53-51(52(60-61(48)53)38-17-6-2-7-18-38)43-22-14-23-44(33-43)56-58-54(39-19-8-3-9-20-39)57-55(59-56)40-29-27-36(28-30-40)41-31-32-50-47(34-41)46-25-12-13-26-49(46)62-50/h1-35H. The molecule has 0 aliphatic heterocycles. The molecule has 0 radical (unpaired) electrons. The molecule has 0 saturated heterocycles. The van der Waals surface area contributed by atoms with E-state index in [4.69, 9.17) is 24.5 Å².